The number of likely N-dealkylation sites (tertiary alicyclic amines) is 1. The third kappa shape index (κ3) is 2.77. The Morgan fingerprint density at radius 3 is 2.94 bits per heavy atom. The minimum Gasteiger partial charge on any atom is -0.380 e. The van der Waals surface area contributed by atoms with Crippen molar-refractivity contribution < 1.29 is 4.79 Å². The molecule has 1 aromatic heterocycles. The van der Waals surface area contributed by atoms with Crippen LogP contribution in [0, 0.1) is 18.9 Å². The van der Waals surface area contributed by atoms with Crippen molar-refractivity contribution in [1.29, 1.82) is 0 Å². The zero-order chi connectivity index (χ0) is 21.8. The van der Waals surface area contributed by atoms with E-state index in [1.807, 2.05) is 29.3 Å². The number of carbonyl (C=O) groups is 1. The van der Waals surface area contributed by atoms with Crippen molar-refractivity contribution in [3.63, 3.8) is 0 Å². The molecular weight excluding hydrogens is 386 g/mol. The highest BCUT2D eigenvalue weighted by Crippen LogP contribution is 2.49. The lowest BCUT2D eigenvalue weighted by atomic mass is 9.71. The number of H-pyrrole nitrogens is 1. The van der Waals surface area contributed by atoms with Gasteiger partial charge in [-0.25, -0.2) is 4.85 Å². The molecule has 2 aliphatic rings. The number of aromatic nitrogens is 2. The molecule has 0 aliphatic carbocycles. The van der Waals surface area contributed by atoms with Crippen LogP contribution in [0.25, 0.3) is 26.9 Å². The van der Waals surface area contributed by atoms with Crippen LogP contribution in [0.4, 0.5) is 11.4 Å². The molecule has 6 heteroatoms. The summed E-state index contributed by atoms with van der Waals surface area (Å²) in [5.41, 5.74) is 5.86. The van der Waals surface area contributed by atoms with E-state index in [1.54, 1.807) is 0 Å². The van der Waals surface area contributed by atoms with Crippen molar-refractivity contribution in [3.8, 4) is 11.1 Å². The Hall–Kier alpha value is -3.59. The summed E-state index contributed by atoms with van der Waals surface area (Å²) in [5, 5.41) is 8.28. The first-order valence-electron chi connectivity index (χ1n) is 10.6. The third-order valence-corrected chi connectivity index (χ3v) is 7.25. The molecule has 2 atom stereocenters. The van der Waals surface area contributed by atoms with Crippen LogP contribution in [0.3, 0.4) is 0 Å². The topological polar surface area (TPSA) is 56.6 Å². The minimum absolute atomic E-state index is 0.00380. The van der Waals surface area contributed by atoms with Gasteiger partial charge >= 0.3 is 0 Å². The van der Waals surface area contributed by atoms with Crippen molar-refractivity contribution >= 4 is 28.2 Å². The van der Waals surface area contributed by atoms with Crippen LogP contribution in [0.5, 0.6) is 0 Å². The summed E-state index contributed by atoms with van der Waals surface area (Å²) in [6.45, 7) is 18.3. The predicted molar refractivity (Wildman–Crippen MR) is 123 cm³/mol. The maximum absolute atomic E-state index is 12.1. The van der Waals surface area contributed by atoms with Crippen LogP contribution < -0.4 is 4.90 Å². The van der Waals surface area contributed by atoms with Gasteiger partial charge in [0, 0.05) is 42.2 Å². The molecule has 1 N–H and O–H groups in total. The van der Waals surface area contributed by atoms with Crippen LogP contribution in [-0.4, -0.2) is 46.7 Å². The number of hydrogen-bond acceptors (Lipinski definition) is 3. The number of aromatic amines is 1. The molecule has 0 radical (unpaired) electrons. The monoisotopic (exact) mass is 411 g/mol. The minimum atomic E-state index is 0.00380. The summed E-state index contributed by atoms with van der Waals surface area (Å²) in [6.07, 6.45) is 4.26. The number of nitrogens with one attached hydrogen (secondary N) is 1. The average molecular weight is 412 g/mol. The van der Waals surface area contributed by atoms with Crippen molar-refractivity contribution in [2.45, 2.75) is 26.3 Å². The number of fused-ring (bicyclic) bond motifs is 1. The lowest BCUT2D eigenvalue weighted by Gasteiger charge is -2.54. The Morgan fingerprint density at radius 2 is 2.19 bits per heavy atom. The number of aryl methyl sites for hydroxylation is 1. The Labute approximate surface area is 182 Å². The molecule has 31 heavy (non-hydrogen) atoms. The van der Waals surface area contributed by atoms with Gasteiger partial charge in [-0.3, -0.25) is 9.89 Å². The summed E-state index contributed by atoms with van der Waals surface area (Å²) in [4.78, 5) is 20.3. The van der Waals surface area contributed by atoms with Gasteiger partial charge in [-0.1, -0.05) is 24.8 Å². The second kappa shape index (κ2) is 6.98. The molecule has 2 saturated heterocycles. The number of anilines is 1. The zero-order valence-corrected chi connectivity index (χ0v) is 17.9. The smallest absolute Gasteiger partial charge is 0.246 e. The molecule has 0 saturated carbocycles. The van der Waals surface area contributed by atoms with Gasteiger partial charge in [0.25, 0.3) is 0 Å². The Bertz CT molecular complexity index is 1250. The van der Waals surface area contributed by atoms with Crippen LogP contribution in [0.2, 0.25) is 0 Å². The second-order valence-corrected chi connectivity index (χ2v) is 8.75. The fourth-order valence-corrected chi connectivity index (χ4v) is 5.37. The summed E-state index contributed by atoms with van der Waals surface area (Å²) in [7, 11) is 0. The first kappa shape index (κ1) is 19.4. The number of para-hydroxylation sites is 1. The molecule has 2 aromatic carbocycles. The summed E-state index contributed by atoms with van der Waals surface area (Å²) >= 11 is 0. The Kier molecular flexibility index (Phi) is 4.37. The summed E-state index contributed by atoms with van der Waals surface area (Å²) in [6, 6.07) is 10.4. The Balaban J connectivity index is 1.52. The van der Waals surface area contributed by atoms with E-state index in [-0.39, 0.29) is 17.4 Å². The maximum Gasteiger partial charge on any atom is 0.246 e. The third-order valence-electron chi connectivity index (χ3n) is 7.25. The van der Waals surface area contributed by atoms with Crippen molar-refractivity contribution in [1.82, 2.24) is 15.1 Å². The zero-order valence-electron chi connectivity index (χ0n) is 17.9. The van der Waals surface area contributed by atoms with E-state index in [0.29, 0.717) is 5.69 Å². The van der Waals surface area contributed by atoms with Gasteiger partial charge in [-0.05, 0) is 55.2 Å². The molecule has 6 nitrogen and oxygen atoms in total. The lowest BCUT2D eigenvalue weighted by Crippen LogP contribution is -2.65. The van der Waals surface area contributed by atoms with Gasteiger partial charge in [0.05, 0.1) is 18.3 Å². The number of carbonyl (C=O) groups excluding carboxylic acids is 1. The molecule has 2 unspecified atom stereocenters. The number of benzene rings is 2. The standard InChI is InChI=1S/C25H25N5O/c1-5-22(31)30-15-25(17(30)3)11-12-29(14-25)21-8-6-7-18(24(21)26-4)23-16(2)9-10-20-19(23)13-27-28-20/h5-10,13,17H,1,11-12,14-15H2,2-3H3,(H,27,28). The van der Waals surface area contributed by atoms with E-state index in [9.17, 15) is 4.79 Å². The van der Waals surface area contributed by atoms with Crippen molar-refractivity contribution in [2.75, 3.05) is 24.5 Å². The van der Waals surface area contributed by atoms with Crippen LogP contribution in [0.1, 0.15) is 18.9 Å². The van der Waals surface area contributed by atoms with Gasteiger partial charge in [-0.15, -0.1) is 0 Å². The molecule has 2 aliphatic heterocycles. The second-order valence-electron chi connectivity index (χ2n) is 8.75. The Morgan fingerprint density at radius 1 is 1.35 bits per heavy atom. The fraction of sp³-hybridized carbons (Fsp3) is 0.320. The van der Waals surface area contributed by atoms with Gasteiger partial charge in [0.15, 0.2) is 0 Å². The normalized spacial score (nSPS) is 22.5. The van der Waals surface area contributed by atoms with E-state index in [4.69, 9.17) is 6.57 Å². The lowest BCUT2D eigenvalue weighted by molar-refractivity contribution is -0.145. The van der Waals surface area contributed by atoms with Crippen molar-refractivity contribution in [3.05, 3.63) is 66.2 Å². The molecule has 3 aromatic rings. The molecule has 0 bridgehead atoms. The molecule has 5 rings (SSSR count). The van der Waals surface area contributed by atoms with E-state index >= 15 is 0 Å². The van der Waals surface area contributed by atoms with Gasteiger partial charge in [0.2, 0.25) is 11.6 Å². The number of rotatable bonds is 3. The van der Waals surface area contributed by atoms with E-state index in [1.165, 1.54) is 6.08 Å². The number of nitrogens with zero attached hydrogens (tertiary/aromatic N) is 4. The van der Waals surface area contributed by atoms with Crippen molar-refractivity contribution in [2.24, 2.45) is 5.41 Å². The molecule has 1 spiro atoms. The highest BCUT2D eigenvalue weighted by atomic mass is 16.2. The van der Waals surface area contributed by atoms with Crippen LogP contribution >= 0.6 is 0 Å². The van der Waals surface area contributed by atoms with Gasteiger partial charge < -0.3 is 9.80 Å². The number of hydrogen-bond donors (Lipinski definition) is 1. The molecule has 2 fully saturated rings. The van der Waals surface area contributed by atoms with Gasteiger partial charge in [-0.2, -0.15) is 5.10 Å². The maximum atomic E-state index is 12.1. The van der Waals surface area contributed by atoms with Crippen LogP contribution in [-0.2, 0) is 4.79 Å². The first-order chi connectivity index (χ1) is 15.0. The molecule has 3 heterocycles. The highest BCUT2D eigenvalue weighted by molar-refractivity contribution is 6.02. The average Bonchev–Trinajstić information content (AvgIpc) is 3.45. The van der Waals surface area contributed by atoms with E-state index < -0.39 is 0 Å². The molecule has 156 valence electrons. The van der Waals surface area contributed by atoms with Crippen LogP contribution in [0.15, 0.2) is 49.2 Å². The quantitative estimate of drug-likeness (QED) is 0.502. The highest BCUT2D eigenvalue weighted by Gasteiger charge is 2.54. The van der Waals surface area contributed by atoms with Gasteiger partial charge in [0.1, 0.15) is 0 Å². The fourth-order valence-electron chi connectivity index (χ4n) is 5.37. The SMILES string of the molecule is [C-]#[N+]c1c(-c2c(C)ccc3[nH]ncc23)cccc1N1CCC2(C1)CN(C(=O)C=C)C2C. The predicted octanol–water partition coefficient (Wildman–Crippen LogP) is 4.70. The number of amides is 1. The first-order valence-corrected chi connectivity index (χ1v) is 10.6. The molecule has 1 amide bonds. The van der Waals surface area contributed by atoms with E-state index in [0.717, 1.165) is 59.3 Å². The van der Waals surface area contributed by atoms with E-state index in [2.05, 4.69) is 52.5 Å². The summed E-state index contributed by atoms with van der Waals surface area (Å²) < 4.78 is 0. The molecular formula is C25H25N5O. The summed E-state index contributed by atoms with van der Waals surface area (Å²) in [5.74, 6) is 0.00380. The largest absolute Gasteiger partial charge is 0.380 e.